The largest absolute Gasteiger partial charge is 0.418 e. The van der Waals surface area contributed by atoms with Crippen molar-refractivity contribution in [3.8, 4) is 0 Å². The lowest BCUT2D eigenvalue weighted by molar-refractivity contribution is -0.136. The summed E-state index contributed by atoms with van der Waals surface area (Å²) in [6.07, 6.45) is -2.07. The van der Waals surface area contributed by atoms with Crippen molar-refractivity contribution in [2.75, 3.05) is 0 Å². The number of nitrogens with zero attached hydrogens (tertiary/aromatic N) is 1. The number of halogens is 3. The molecule has 0 saturated carbocycles. The fourth-order valence-corrected chi connectivity index (χ4v) is 1.73. The summed E-state index contributed by atoms with van der Waals surface area (Å²) in [5.41, 5.74) is -0.685. The number of hydrogen-bond donors (Lipinski definition) is 0. The SMILES string of the molecule is FC(F)(F)c1cncc2ccccc12.c1ccccc1. The first-order valence-electron chi connectivity index (χ1n) is 5.99. The monoisotopic (exact) mass is 275 g/mol. The Hall–Kier alpha value is -2.36. The third-order valence-electron chi connectivity index (χ3n) is 2.64. The molecule has 0 N–H and O–H groups in total. The normalized spacial score (nSPS) is 10.8. The maximum Gasteiger partial charge on any atom is 0.418 e. The van der Waals surface area contributed by atoms with E-state index in [1.807, 2.05) is 36.4 Å². The number of benzene rings is 2. The van der Waals surface area contributed by atoms with Crippen molar-refractivity contribution in [3.63, 3.8) is 0 Å². The molecule has 4 heteroatoms. The minimum absolute atomic E-state index is 0.190. The van der Waals surface area contributed by atoms with Crippen LogP contribution in [0.15, 0.2) is 73.1 Å². The van der Waals surface area contributed by atoms with Gasteiger partial charge in [-0.1, -0.05) is 60.7 Å². The van der Waals surface area contributed by atoms with Gasteiger partial charge in [0.25, 0.3) is 0 Å². The molecule has 0 aliphatic rings. The van der Waals surface area contributed by atoms with E-state index in [0.717, 1.165) is 6.20 Å². The standard InChI is InChI=1S/C10H6F3N.C6H6/c11-10(12,13)9-6-14-5-7-3-1-2-4-8(7)9;1-2-4-6-5-3-1/h1-6H;1-6H. The molecule has 0 spiro atoms. The highest BCUT2D eigenvalue weighted by molar-refractivity contribution is 5.85. The Morgan fingerprint density at radius 3 is 1.80 bits per heavy atom. The Balaban J connectivity index is 0.000000205. The Morgan fingerprint density at radius 2 is 1.25 bits per heavy atom. The molecule has 0 aliphatic carbocycles. The van der Waals surface area contributed by atoms with Gasteiger partial charge in [-0.25, -0.2) is 0 Å². The van der Waals surface area contributed by atoms with Crippen molar-refractivity contribution in [1.82, 2.24) is 4.98 Å². The van der Waals surface area contributed by atoms with E-state index < -0.39 is 11.7 Å². The molecule has 0 bridgehead atoms. The summed E-state index contributed by atoms with van der Waals surface area (Å²) in [5, 5.41) is 0.692. The van der Waals surface area contributed by atoms with Crippen molar-refractivity contribution < 1.29 is 13.2 Å². The van der Waals surface area contributed by atoms with E-state index in [9.17, 15) is 13.2 Å². The smallest absolute Gasteiger partial charge is 0.263 e. The summed E-state index contributed by atoms with van der Waals surface area (Å²) >= 11 is 0. The zero-order valence-electron chi connectivity index (χ0n) is 10.5. The van der Waals surface area contributed by atoms with E-state index in [0.29, 0.717) is 5.39 Å². The molecule has 0 unspecified atom stereocenters. The van der Waals surface area contributed by atoms with Gasteiger partial charge < -0.3 is 0 Å². The number of hydrogen-bond acceptors (Lipinski definition) is 1. The number of rotatable bonds is 0. The third-order valence-corrected chi connectivity index (χ3v) is 2.64. The molecule has 0 fully saturated rings. The van der Waals surface area contributed by atoms with Crippen LogP contribution in [-0.2, 0) is 6.18 Å². The first-order valence-corrected chi connectivity index (χ1v) is 5.99. The number of fused-ring (bicyclic) bond motifs is 1. The summed E-state index contributed by atoms with van der Waals surface area (Å²) in [6.45, 7) is 0. The number of pyridine rings is 1. The second kappa shape index (κ2) is 6.19. The molecule has 3 aromatic rings. The average molecular weight is 275 g/mol. The maximum atomic E-state index is 12.5. The second-order valence-corrected chi connectivity index (χ2v) is 4.06. The molecule has 0 amide bonds. The molecule has 1 heterocycles. The van der Waals surface area contributed by atoms with E-state index in [4.69, 9.17) is 0 Å². The Kier molecular flexibility index (Phi) is 4.35. The van der Waals surface area contributed by atoms with Gasteiger partial charge >= 0.3 is 6.18 Å². The summed E-state index contributed by atoms with van der Waals surface area (Å²) in [5.74, 6) is 0. The lowest BCUT2D eigenvalue weighted by Crippen LogP contribution is -2.06. The third kappa shape index (κ3) is 3.57. The molecule has 0 radical (unpaired) electrons. The molecule has 1 nitrogen and oxygen atoms in total. The predicted octanol–water partition coefficient (Wildman–Crippen LogP) is 4.94. The van der Waals surface area contributed by atoms with Gasteiger partial charge in [0, 0.05) is 17.8 Å². The minimum atomic E-state index is -4.34. The molecular weight excluding hydrogens is 263 g/mol. The average Bonchev–Trinajstić information content (AvgIpc) is 2.48. The number of aromatic nitrogens is 1. The van der Waals surface area contributed by atoms with E-state index in [1.165, 1.54) is 12.3 Å². The zero-order valence-corrected chi connectivity index (χ0v) is 10.5. The molecule has 0 atom stereocenters. The van der Waals surface area contributed by atoms with Crippen LogP contribution in [-0.4, -0.2) is 4.98 Å². The van der Waals surface area contributed by atoms with E-state index >= 15 is 0 Å². The van der Waals surface area contributed by atoms with Crippen LogP contribution in [0.4, 0.5) is 13.2 Å². The van der Waals surface area contributed by atoms with Crippen molar-refractivity contribution >= 4 is 10.8 Å². The predicted molar refractivity (Wildman–Crippen MR) is 73.2 cm³/mol. The Morgan fingerprint density at radius 1 is 0.700 bits per heavy atom. The summed E-state index contributed by atoms with van der Waals surface area (Å²) < 4.78 is 37.4. The minimum Gasteiger partial charge on any atom is -0.263 e. The molecular formula is C16H12F3N. The van der Waals surface area contributed by atoms with Gasteiger partial charge in [-0.2, -0.15) is 13.2 Å². The van der Waals surface area contributed by atoms with Crippen molar-refractivity contribution in [2.24, 2.45) is 0 Å². The first kappa shape index (κ1) is 14.1. The van der Waals surface area contributed by atoms with Crippen molar-refractivity contribution in [2.45, 2.75) is 6.18 Å². The number of alkyl halides is 3. The van der Waals surface area contributed by atoms with E-state index in [1.54, 1.807) is 18.2 Å². The highest BCUT2D eigenvalue weighted by atomic mass is 19.4. The second-order valence-electron chi connectivity index (χ2n) is 4.06. The molecule has 3 rings (SSSR count). The van der Waals surface area contributed by atoms with Gasteiger partial charge in [0.15, 0.2) is 0 Å². The Bertz CT molecular complexity index is 631. The van der Waals surface area contributed by atoms with Crippen LogP contribution in [0.25, 0.3) is 10.8 Å². The molecule has 0 saturated heterocycles. The van der Waals surface area contributed by atoms with Crippen LogP contribution >= 0.6 is 0 Å². The highest BCUT2D eigenvalue weighted by Crippen LogP contribution is 2.33. The van der Waals surface area contributed by atoms with Gasteiger partial charge in [0.1, 0.15) is 0 Å². The van der Waals surface area contributed by atoms with Gasteiger partial charge in [-0.3, -0.25) is 4.98 Å². The van der Waals surface area contributed by atoms with Crippen molar-refractivity contribution in [3.05, 3.63) is 78.6 Å². The summed E-state index contributed by atoms with van der Waals surface area (Å²) in [6, 6.07) is 18.3. The van der Waals surface area contributed by atoms with Crippen LogP contribution in [0.1, 0.15) is 5.56 Å². The van der Waals surface area contributed by atoms with Gasteiger partial charge in [0.2, 0.25) is 0 Å². The van der Waals surface area contributed by atoms with Crippen LogP contribution in [0, 0.1) is 0 Å². The molecule has 0 aliphatic heterocycles. The fourth-order valence-electron chi connectivity index (χ4n) is 1.73. The lowest BCUT2D eigenvalue weighted by Gasteiger charge is -2.08. The van der Waals surface area contributed by atoms with Crippen LogP contribution in [0.2, 0.25) is 0 Å². The lowest BCUT2D eigenvalue weighted by atomic mass is 10.1. The van der Waals surface area contributed by atoms with Crippen LogP contribution < -0.4 is 0 Å². The molecule has 102 valence electrons. The van der Waals surface area contributed by atoms with E-state index in [2.05, 4.69) is 4.98 Å². The molecule has 20 heavy (non-hydrogen) atoms. The highest BCUT2D eigenvalue weighted by Gasteiger charge is 2.32. The van der Waals surface area contributed by atoms with Gasteiger partial charge in [-0.05, 0) is 5.39 Å². The molecule has 1 aromatic heterocycles. The maximum absolute atomic E-state index is 12.5. The first-order chi connectivity index (χ1) is 9.59. The quantitative estimate of drug-likeness (QED) is 0.566. The topological polar surface area (TPSA) is 12.9 Å². The van der Waals surface area contributed by atoms with Gasteiger partial charge in [0.05, 0.1) is 5.56 Å². The zero-order chi connectivity index (χ0) is 14.4. The summed E-state index contributed by atoms with van der Waals surface area (Å²) in [4.78, 5) is 3.56. The van der Waals surface area contributed by atoms with Crippen LogP contribution in [0.5, 0.6) is 0 Å². The van der Waals surface area contributed by atoms with Crippen molar-refractivity contribution in [1.29, 1.82) is 0 Å². The van der Waals surface area contributed by atoms with Crippen LogP contribution in [0.3, 0.4) is 0 Å². The van der Waals surface area contributed by atoms with Gasteiger partial charge in [-0.15, -0.1) is 0 Å². The summed E-state index contributed by atoms with van der Waals surface area (Å²) in [7, 11) is 0. The Labute approximate surface area is 114 Å². The fraction of sp³-hybridized carbons (Fsp3) is 0.0625. The van der Waals surface area contributed by atoms with E-state index in [-0.39, 0.29) is 5.39 Å². The molecule has 2 aromatic carbocycles.